The van der Waals surface area contributed by atoms with Crippen LogP contribution in [0.25, 0.3) is 0 Å². The minimum Gasteiger partial charge on any atom is -0.478 e. The van der Waals surface area contributed by atoms with Crippen molar-refractivity contribution in [3.05, 3.63) is 67.6 Å². The van der Waals surface area contributed by atoms with Gasteiger partial charge in [0.2, 0.25) is 0 Å². The molecule has 2 heterocycles. The van der Waals surface area contributed by atoms with Crippen LogP contribution in [-0.2, 0) is 19.5 Å². The molecule has 7 heteroatoms. The molecule has 162 valence electrons. The van der Waals surface area contributed by atoms with Gasteiger partial charge in [0.25, 0.3) is 5.56 Å². The molecule has 2 aromatic rings. The second kappa shape index (κ2) is 10.5. The Bertz CT molecular complexity index is 939. The highest BCUT2D eigenvalue weighted by molar-refractivity contribution is 6.34. The first-order valence-electron chi connectivity index (χ1n) is 10.5. The molecule has 1 aliphatic rings. The number of rotatable bonds is 8. The van der Waals surface area contributed by atoms with Gasteiger partial charge in [0.05, 0.1) is 16.3 Å². The van der Waals surface area contributed by atoms with Gasteiger partial charge in [0.15, 0.2) is 0 Å². The molecule has 1 N–H and O–H groups in total. The Morgan fingerprint density at radius 1 is 1.17 bits per heavy atom. The molecule has 1 fully saturated rings. The Labute approximate surface area is 187 Å². The van der Waals surface area contributed by atoms with Gasteiger partial charge < -0.3 is 9.67 Å². The van der Waals surface area contributed by atoms with Gasteiger partial charge >= 0.3 is 5.97 Å². The minimum atomic E-state index is -0.954. The molecule has 0 aliphatic carbocycles. The second-order valence-corrected chi connectivity index (χ2v) is 8.72. The number of carbonyl (C=O) groups is 1. The van der Waals surface area contributed by atoms with Crippen molar-refractivity contribution < 1.29 is 9.90 Å². The Kier molecular flexibility index (Phi) is 7.98. The summed E-state index contributed by atoms with van der Waals surface area (Å²) in [5.74, 6) is -0.954. The van der Waals surface area contributed by atoms with Crippen LogP contribution in [0, 0.1) is 0 Å². The molecule has 1 aromatic carbocycles. The fourth-order valence-electron chi connectivity index (χ4n) is 4.21. The monoisotopic (exact) mass is 450 g/mol. The molecule has 30 heavy (non-hydrogen) atoms. The summed E-state index contributed by atoms with van der Waals surface area (Å²) in [5, 5.41) is 9.69. The number of hydrogen-bond acceptors (Lipinski definition) is 3. The van der Waals surface area contributed by atoms with E-state index in [4.69, 9.17) is 28.3 Å². The topological polar surface area (TPSA) is 62.5 Å². The highest BCUT2D eigenvalue weighted by Crippen LogP contribution is 2.26. The molecule has 0 saturated carbocycles. The van der Waals surface area contributed by atoms with E-state index >= 15 is 0 Å². The number of piperidine rings is 1. The summed E-state index contributed by atoms with van der Waals surface area (Å²) in [6.07, 6.45) is 6.45. The molecule has 1 aliphatic heterocycles. The minimum absolute atomic E-state index is 0.119. The third-order valence-electron chi connectivity index (χ3n) is 5.85. The predicted molar refractivity (Wildman–Crippen MR) is 121 cm³/mol. The van der Waals surface area contributed by atoms with Crippen LogP contribution in [0.4, 0.5) is 0 Å². The number of pyridine rings is 1. The number of aromatic carboxylic acids is 1. The largest absolute Gasteiger partial charge is 0.478 e. The first kappa shape index (κ1) is 22.9. The summed E-state index contributed by atoms with van der Waals surface area (Å²) in [7, 11) is 0. The Hall–Kier alpha value is -1.82. The maximum absolute atomic E-state index is 12.8. The zero-order valence-electron chi connectivity index (χ0n) is 17.2. The van der Waals surface area contributed by atoms with Crippen LogP contribution in [0.1, 0.15) is 60.6 Å². The number of aromatic nitrogens is 1. The number of likely N-dealkylation sites (tertiary alicyclic amines) is 1. The lowest BCUT2D eigenvalue weighted by molar-refractivity contribution is 0.0697. The molecular formula is C23H28Cl2N2O3. The van der Waals surface area contributed by atoms with Crippen LogP contribution in [0.3, 0.4) is 0 Å². The van der Waals surface area contributed by atoms with Crippen molar-refractivity contribution in [2.24, 2.45) is 0 Å². The van der Waals surface area contributed by atoms with Gasteiger partial charge in [0.1, 0.15) is 5.02 Å². The van der Waals surface area contributed by atoms with Crippen molar-refractivity contribution in [2.45, 2.75) is 64.6 Å². The number of nitrogens with zero attached hydrogens (tertiary/aromatic N) is 2. The number of aryl methyl sites for hydroxylation is 1. The smallest absolute Gasteiger partial charge is 0.335 e. The maximum atomic E-state index is 12.8. The zero-order chi connectivity index (χ0) is 21.7. The van der Waals surface area contributed by atoms with Crippen molar-refractivity contribution in [1.29, 1.82) is 0 Å². The van der Waals surface area contributed by atoms with Crippen LogP contribution in [-0.4, -0.2) is 33.1 Å². The normalized spacial score (nSPS) is 17.2. The van der Waals surface area contributed by atoms with Gasteiger partial charge in [-0.2, -0.15) is 0 Å². The van der Waals surface area contributed by atoms with Gasteiger partial charge in [-0.25, -0.2) is 4.79 Å². The standard InChI is InChI=1S/C23H28Cl2N2O3/c1-2-5-18-6-3-4-12-26(18)15-21-19(24)14-20(25)22(28)27(21)13-11-16-7-9-17(10-8-16)23(29)30/h7-10,14,18H,2-6,11-13,15H2,1H3,(H,29,30). The van der Waals surface area contributed by atoms with Gasteiger partial charge in [0, 0.05) is 19.1 Å². The van der Waals surface area contributed by atoms with E-state index in [1.807, 2.05) is 0 Å². The molecular weight excluding hydrogens is 423 g/mol. The average molecular weight is 451 g/mol. The molecule has 1 aromatic heterocycles. The summed E-state index contributed by atoms with van der Waals surface area (Å²) in [6.45, 7) is 4.28. The molecule has 1 atom stereocenters. The molecule has 0 amide bonds. The number of carboxylic acid groups (broad SMARTS) is 1. The average Bonchev–Trinajstić information content (AvgIpc) is 2.73. The quantitative estimate of drug-likeness (QED) is 0.596. The van der Waals surface area contributed by atoms with Crippen LogP contribution in [0.2, 0.25) is 10.0 Å². The Morgan fingerprint density at radius 2 is 1.90 bits per heavy atom. The van der Waals surface area contributed by atoms with Crippen molar-refractivity contribution in [2.75, 3.05) is 6.54 Å². The third kappa shape index (κ3) is 5.45. The lowest BCUT2D eigenvalue weighted by Gasteiger charge is -2.36. The highest BCUT2D eigenvalue weighted by Gasteiger charge is 2.24. The van der Waals surface area contributed by atoms with E-state index in [0.717, 1.165) is 37.1 Å². The lowest BCUT2D eigenvalue weighted by atomic mass is 9.98. The van der Waals surface area contributed by atoms with Crippen LogP contribution in [0.15, 0.2) is 35.1 Å². The second-order valence-electron chi connectivity index (χ2n) is 7.90. The van der Waals surface area contributed by atoms with E-state index in [0.29, 0.717) is 30.6 Å². The lowest BCUT2D eigenvalue weighted by Crippen LogP contribution is -2.40. The van der Waals surface area contributed by atoms with Gasteiger partial charge in [-0.3, -0.25) is 9.69 Å². The summed E-state index contributed by atoms with van der Waals surface area (Å²) < 4.78 is 1.69. The first-order chi connectivity index (χ1) is 14.4. The summed E-state index contributed by atoms with van der Waals surface area (Å²) >= 11 is 12.7. The highest BCUT2D eigenvalue weighted by atomic mass is 35.5. The Morgan fingerprint density at radius 3 is 2.57 bits per heavy atom. The van der Waals surface area contributed by atoms with Crippen LogP contribution in [0.5, 0.6) is 0 Å². The van der Waals surface area contributed by atoms with Crippen LogP contribution < -0.4 is 5.56 Å². The molecule has 0 bridgehead atoms. The van der Waals surface area contributed by atoms with E-state index in [1.165, 1.54) is 12.8 Å². The summed E-state index contributed by atoms with van der Waals surface area (Å²) in [5.41, 5.74) is 1.77. The van der Waals surface area contributed by atoms with Gasteiger partial charge in [-0.15, -0.1) is 0 Å². The van der Waals surface area contributed by atoms with E-state index in [2.05, 4.69) is 11.8 Å². The molecule has 0 radical (unpaired) electrons. The van der Waals surface area contributed by atoms with Crippen LogP contribution >= 0.6 is 23.2 Å². The molecule has 0 spiro atoms. The number of halogens is 2. The predicted octanol–water partition coefficient (Wildman–Crippen LogP) is 5.25. The SMILES string of the molecule is CCCC1CCCCN1Cc1c(Cl)cc(Cl)c(=O)n1CCc1ccc(C(=O)O)cc1. The van der Waals surface area contributed by atoms with Crippen molar-refractivity contribution in [3.63, 3.8) is 0 Å². The van der Waals surface area contributed by atoms with E-state index in [-0.39, 0.29) is 16.1 Å². The van der Waals surface area contributed by atoms with E-state index in [1.54, 1.807) is 34.9 Å². The Balaban J connectivity index is 1.84. The number of hydrogen-bond donors (Lipinski definition) is 1. The molecule has 1 saturated heterocycles. The van der Waals surface area contributed by atoms with Crippen molar-refractivity contribution in [1.82, 2.24) is 9.47 Å². The van der Waals surface area contributed by atoms with Gasteiger partial charge in [-0.05, 0) is 56.0 Å². The fraction of sp³-hybridized carbons (Fsp3) is 0.478. The fourth-order valence-corrected chi connectivity index (χ4v) is 4.75. The van der Waals surface area contributed by atoms with E-state index in [9.17, 15) is 9.59 Å². The molecule has 3 rings (SSSR count). The number of benzene rings is 1. The first-order valence-corrected chi connectivity index (χ1v) is 11.3. The maximum Gasteiger partial charge on any atom is 0.335 e. The zero-order valence-corrected chi connectivity index (χ0v) is 18.8. The summed E-state index contributed by atoms with van der Waals surface area (Å²) in [6, 6.07) is 8.79. The summed E-state index contributed by atoms with van der Waals surface area (Å²) in [4.78, 5) is 26.3. The molecule has 1 unspecified atom stereocenters. The van der Waals surface area contributed by atoms with Crippen molar-refractivity contribution in [3.8, 4) is 0 Å². The third-order valence-corrected chi connectivity index (χ3v) is 6.45. The molecule has 5 nitrogen and oxygen atoms in total. The van der Waals surface area contributed by atoms with E-state index < -0.39 is 5.97 Å². The van der Waals surface area contributed by atoms with Crippen molar-refractivity contribution >= 4 is 29.2 Å². The van der Waals surface area contributed by atoms with Gasteiger partial charge in [-0.1, -0.05) is 55.1 Å². The number of carboxylic acids is 1.